The molecular formula is C9H11NO4S. The molecule has 0 unspecified atom stereocenters. The van der Waals surface area contributed by atoms with Crippen molar-refractivity contribution < 1.29 is 18.0 Å². The molecule has 1 aromatic carbocycles. The molecule has 0 bridgehead atoms. The summed E-state index contributed by atoms with van der Waals surface area (Å²) in [6.07, 6.45) is 1.11. The molecule has 0 heterocycles. The van der Waals surface area contributed by atoms with E-state index in [0.717, 1.165) is 6.26 Å². The van der Waals surface area contributed by atoms with Gasteiger partial charge in [-0.1, -0.05) is 0 Å². The van der Waals surface area contributed by atoms with Crippen LogP contribution in [-0.2, 0) is 14.7 Å². The van der Waals surface area contributed by atoms with Gasteiger partial charge in [0.2, 0.25) is 0 Å². The number of hydroxylamine groups is 1. The molecule has 5 nitrogen and oxygen atoms in total. The molecule has 15 heavy (non-hydrogen) atoms. The minimum atomic E-state index is -3.22. The number of amides is 1. The Morgan fingerprint density at radius 1 is 1.27 bits per heavy atom. The summed E-state index contributed by atoms with van der Waals surface area (Å²) in [7, 11) is -1.90. The van der Waals surface area contributed by atoms with E-state index in [-0.39, 0.29) is 4.90 Å². The van der Waals surface area contributed by atoms with Crippen molar-refractivity contribution in [2.24, 2.45) is 0 Å². The number of hydrogen-bond donors (Lipinski definition) is 1. The van der Waals surface area contributed by atoms with Crippen molar-refractivity contribution in [1.29, 1.82) is 0 Å². The zero-order valence-electron chi connectivity index (χ0n) is 8.35. The second-order valence-electron chi connectivity index (χ2n) is 2.93. The van der Waals surface area contributed by atoms with Crippen LogP contribution in [0.25, 0.3) is 0 Å². The van der Waals surface area contributed by atoms with Crippen LogP contribution in [0.5, 0.6) is 0 Å². The molecule has 1 amide bonds. The van der Waals surface area contributed by atoms with Crippen LogP contribution in [-0.4, -0.2) is 27.7 Å². The van der Waals surface area contributed by atoms with Crippen LogP contribution in [0.15, 0.2) is 29.2 Å². The van der Waals surface area contributed by atoms with Crippen molar-refractivity contribution in [1.82, 2.24) is 5.48 Å². The lowest BCUT2D eigenvalue weighted by Gasteiger charge is -2.02. The van der Waals surface area contributed by atoms with Gasteiger partial charge in [0.15, 0.2) is 9.84 Å². The van der Waals surface area contributed by atoms with Crippen LogP contribution in [0, 0.1) is 0 Å². The summed E-state index contributed by atoms with van der Waals surface area (Å²) in [6.45, 7) is 0. The maximum absolute atomic E-state index is 11.2. The highest BCUT2D eigenvalue weighted by Gasteiger charge is 2.09. The number of benzene rings is 1. The maximum Gasteiger partial charge on any atom is 0.274 e. The lowest BCUT2D eigenvalue weighted by atomic mass is 10.2. The normalized spacial score (nSPS) is 11.1. The maximum atomic E-state index is 11.2. The zero-order valence-corrected chi connectivity index (χ0v) is 9.17. The first kappa shape index (κ1) is 11.7. The topological polar surface area (TPSA) is 72.5 Å². The quantitative estimate of drug-likeness (QED) is 0.760. The molecule has 1 aromatic rings. The van der Waals surface area contributed by atoms with E-state index in [1.807, 2.05) is 0 Å². The minimum Gasteiger partial charge on any atom is -0.277 e. The van der Waals surface area contributed by atoms with E-state index in [0.29, 0.717) is 5.56 Å². The average molecular weight is 229 g/mol. The third-order valence-corrected chi connectivity index (χ3v) is 2.87. The van der Waals surface area contributed by atoms with Gasteiger partial charge in [0.1, 0.15) is 0 Å². The highest BCUT2D eigenvalue weighted by atomic mass is 32.2. The fourth-order valence-corrected chi connectivity index (χ4v) is 1.64. The molecule has 0 aromatic heterocycles. The first-order valence-electron chi connectivity index (χ1n) is 4.08. The summed E-state index contributed by atoms with van der Waals surface area (Å²) in [5.41, 5.74) is 2.47. The second kappa shape index (κ2) is 4.41. The van der Waals surface area contributed by atoms with E-state index in [4.69, 9.17) is 0 Å². The monoisotopic (exact) mass is 229 g/mol. The largest absolute Gasteiger partial charge is 0.277 e. The third-order valence-electron chi connectivity index (χ3n) is 1.74. The molecule has 6 heteroatoms. The first-order chi connectivity index (χ1) is 6.95. The molecule has 0 fully saturated rings. The van der Waals surface area contributed by atoms with Gasteiger partial charge in [-0.3, -0.25) is 9.63 Å². The van der Waals surface area contributed by atoms with E-state index >= 15 is 0 Å². The van der Waals surface area contributed by atoms with E-state index in [9.17, 15) is 13.2 Å². The van der Waals surface area contributed by atoms with Crippen molar-refractivity contribution in [2.75, 3.05) is 13.4 Å². The Morgan fingerprint density at radius 3 is 2.20 bits per heavy atom. The predicted molar refractivity (Wildman–Crippen MR) is 54.0 cm³/mol. The van der Waals surface area contributed by atoms with Gasteiger partial charge in [0.05, 0.1) is 12.0 Å². The third kappa shape index (κ3) is 3.03. The van der Waals surface area contributed by atoms with Gasteiger partial charge in [0.25, 0.3) is 5.91 Å². The van der Waals surface area contributed by atoms with Crippen molar-refractivity contribution >= 4 is 15.7 Å². The number of hydrogen-bond acceptors (Lipinski definition) is 4. The molecule has 0 aliphatic carbocycles. The van der Waals surface area contributed by atoms with E-state index < -0.39 is 15.7 Å². The van der Waals surface area contributed by atoms with Crippen LogP contribution >= 0.6 is 0 Å². The Bertz CT molecular complexity index is 450. The van der Waals surface area contributed by atoms with Crippen LogP contribution in [0.4, 0.5) is 0 Å². The van der Waals surface area contributed by atoms with Gasteiger partial charge in [0, 0.05) is 11.8 Å². The Hall–Kier alpha value is -1.40. The van der Waals surface area contributed by atoms with Gasteiger partial charge in [-0.15, -0.1) is 0 Å². The zero-order chi connectivity index (χ0) is 11.5. The van der Waals surface area contributed by atoms with E-state index in [2.05, 4.69) is 10.3 Å². The fraction of sp³-hybridized carbons (Fsp3) is 0.222. The van der Waals surface area contributed by atoms with Crippen molar-refractivity contribution in [3.63, 3.8) is 0 Å². The smallest absolute Gasteiger partial charge is 0.274 e. The molecule has 1 rings (SSSR count). The van der Waals surface area contributed by atoms with Crippen LogP contribution in [0.3, 0.4) is 0 Å². The highest BCUT2D eigenvalue weighted by molar-refractivity contribution is 7.90. The van der Waals surface area contributed by atoms with Gasteiger partial charge >= 0.3 is 0 Å². The minimum absolute atomic E-state index is 0.177. The summed E-state index contributed by atoms with van der Waals surface area (Å²) < 4.78 is 22.2. The predicted octanol–water partition coefficient (Wildman–Crippen LogP) is 0.381. The van der Waals surface area contributed by atoms with Gasteiger partial charge < -0.3 is 0 Å². The van der Waals surface area contributed by atoms with E-state index in [1.165, 1.54) is 31.4 Å². The molecule has 0 spiro atoms. The van der Waals surface area contributed by atoms with Gasteiger partial charge in [-0.05, 0) is 24.3 Å². The highest BCUT2D eigenvalue weighted by Crippen LogP contribution is 2.10. The van der Waals surface area contributed by atoms with Crippen LogP contribution in [0.2, 0.25) is 0 Å². The summed E-state index contributed by atoms with van der Waals surface area (Å²) in [4.78, 5) is 15.8. The first-order valence-corrected chi connectivity index (χ1v) is 5.97. The number of nitrogens with one attached hydrogen (secondary N) is 1. The summed E-state index contributed by atoms with van der Waals surface area (Å²) in [5, 5.41) is 0. The summed E-state index contributed by atoms with van der Waals surface area (Å²) in [5.74, 6) is -0.419. The van der Waals surface area contributed by atoms with E-state index in [1.54, 1.807) is 0 Å². The molecule has 0 aliphatic heterocycles. The lowest BCUT2D eigenvalue weighted by Crippen LogP contribution is -2.21. The number of carbonyl (C=O) groups is 1. The average Bonchev–Trinajstić information content (AvgIpc) is 2.17. The summed E-state index contributed by atoms with van der Waals surface area (Å²) in [6, 6.07) is 5.59. The molecule has 82 valence electrons. The fourth-order valence-electron chi connectivity index (χ4n) is 1.01. The Kier molecular flexibility index (Phi) is 3.43. The SMILES string of the molecule is CONC(=O)c1ccc(S(C)(=O)=O)cc1. The molecular weight excluding hydrogens is 218 g/mol. The molecule has 0 saturated carbocycles. The van der Waals surface area contributed by atoms with Crippen molar-refractivity contribution in [2.45, 2.75) is 4.90 Å². The van der Waals surface area contributed by atoms with Gasteiger partial charge in [-0.2, -0.15) is 0 Å². The molecule has 0 saturated heterocycles. The Morgan fingerprint density at radius 2 is 1.80 bits per heavy atom. The Labute approximate surface area is 87.9 Å². The van der Waals surface area contributed by atoms with Crippen molar-refractivity contribution in [3.8, 4) is 0 Å². The number of carbonyl (C=O) groups excluding carboxylic acids is 1. The molecule has 0 aliphatic rings. The van der Waals surface area contributed by atoms with Crippen LogP contribution < -0.4 is 5.48 Å². The number of sulfone groups is 1. The molecule has 0 atom stereocenters. The second-order valence-corrected chi connectivity index (χ2v) is 4.95. The molecule has 1 N–H and O–H groups in total. The molecule has 0 radical (unpaired) electrons. The van der Waals surface area contributed by atoms with Crippen LogP contribution in [0.1, 0.15) is 10.4 Å². The lowest BCUT2D eigenvalue weighted by molar-refractivity contribution is 0.0537. The van der Waals surface area contributed by atoms with Crippen molar-refractivity contribution in [3.05, 3.63) is 29.8 Å². The summed E-state index contributed by atoms with van der Waals surface area (Å²) >= 11 is 0. The number of rotatable bonds is 3. The Balaban J connectivity index is 2.96. The standard InChI is InChI=1S/C9H11NO4S/c1-14-10-9(11)7-3-5-8(6-4-7)15(2,12)13/h3-6H,1-2H3,(H,10,11). The van der Waals surface area contributed by atoms with Gasteiger partial charge in [-0.25, -0.2) is 13.9 Å².